The third kappa shape index (κ3) is 5.73. The lowest BCUT2D eigenvalue weighted by molar-refractivity contribution is -0.148. The van der Waals surface area contributed by atoms with E-state index in [2.05, 4.69) is 16.2 Å². The van der Waals surface area contributed by atoms with Crippen LogP contribution in [0.1, 0.15) is 41.5 Å². The van der Waals surface area contributed by atoms with Crippen molar-refractivity contribution in [3.05, 3.63) is 0 Å². The fraction of sp³-hybridized carbons (Fsp3) is 0.800. The molecule has 0 aromatic carbocycles. The molecule has 0 spiro atoms. The summed E-state index contributed by atoms with van der Waals surface area (Å²) in [6.07, 6.45) is 0. The van der Waals surface area contributed by atoms with E-state index in [1.165, 1.54) is 31.2 Å². The van der Waals surface area contributed by atoms with Crippen molar-refractivity contribution in [2.75, 3.05) is 21.1 Å². The lowest BCUT2D eigenvalue weighted by Crippen LogP contribution is -2.66. The smallest absolute Gasteiger partial charge is 0.257 e. The summed E-state index contributed by atoms with van der Waals surface area (Å²) in [4.78, 5) is 36.6. The third-order valence-electron chi connectivity index (χ3n) is 3.38. The minimum atomic E-state index is -1.10. The molecular weight excluding hydrogens is 312 g/mol. The number of nitrogens with zero attached hydrogens (tertiary/aromatic N) is 2. The molecular formula is C15H32N6O3. The Balaban J connectivity index is 5.07. The van der Waals surface area contributed by atoms with E-state index in [1.54, 1.807) is 41.5 Å². The van der Waals surface area contributed by atoms with Gasteiger partial charge in [-0.05, 0) is 41.5 Å². The Bertz CT molecular complexity index is 496. The van der Waals surface area contributed by atoms with Crippen LogP contribution in [-0.2, 0) is 14.4 Å². The van der Waals surface area contributed by atoms with E-state index >= 15 is 0 Å². The van der Waals surface area contributed by atoms with Crippen LogP contribution in [0.3, 0.4) is 0 Å². The van der Waals surface area contributed by atoms with Gasteiger partial charge in [-0.15, -0.1) is 0 Å². The molecule has 0 rings (SSSR count). The number of carbonyl (C=O) groups excluding carboxylic acids is 3. The van der Waals surface area contributed by atoms with Crippen LogP contribution in [0.15, 0.2) is 0 Å². The van der Waals surface area contributed by atoms with Gasteiger partial charge in [0.25, 0.3) is 11.8 Å². The van der Waals surface area contributed by atoms with E-state index in [0.717, 1.165) is 0 Å². The third-order valence-corrected chi connectivity index (χ3v) is 3.38. The summed E-state index contributed by atoms with van der Waals surface area (Å²) in [5, 5.41) is 4.96. The van der Waals surface area contributed by atoms with Gasteiger partial charge < -0.3 is 11.1 Å². The van der Waals surface area contributed by atoms with Crippen LogP contribution in [-0.4, -0.2) is 65.5 Å². The first-order chi connectivity index (χ1) is 10.6. The number of carbonyl (C=O) groups is 3. The first-order valence-electron chi connectivity index (χ1n) is 7.69. The van der Waals surface area contributed by atoms with Crippen molar-refractivity contribution in [2.24, 2.45) is 5.73 Å². The number of rotatable bonds is 7. The summed E-state index contributed by atoms with van der Waals surface area (Å²) in [5.74, 6) is -0.969. The van der Waals surface area contributed by atoms with Gasteiger partial charge in [-0.2, -0.15) is 0 Å². The lowest BCUT2D eigenvalue weighted by Gasteiger charge is -2.38. The lowest BCUT2D eigenvalue weighted by atomic mass is 10.0. The molecule has 140 valence electrons. The van der Waals surface area contributed by atoms with Crippen LogP contribution < -0.4 is 21.9 Å². The fourth-order valence-electron chi connectivity index (χ4n) is 2.20. The second-order valence-electron chi connectivity index (χ2n) is 7.50. The maximum atomic E-state index is 12.7. The van der Waals surface area contributed by atoms with Gasteiger partial charge in [-0.1, -0.05) is 0 Å². The summed E-state index contributed by atoms with van der Waals surface area (Å²) in [6.45, 7) is 9.75. The number of nitrogens with two attached hydrogens (primary N) is 1. The Hall–Kier alpha value is -1.71. The van der Waals surface area contributed by atoms with Gasteiger partial charge in [-0.3, -0.25) is 24.4 Å². The van der Waals surface area contributed by atoms with Gasteiger partial charge in [0.1, 0.15) is 11.1 Å². The number of hydrogen-bond donors (Lipinski definition) is 4. The summed E-state index contributed by atoms with van der Waals surface area (Å²) < 4.78 is 0. The van der Waals surface area contributed by atoms with Gasteiger partial charge in [0, 0.05) is 21.1 Å². The highest BCUT2D eigenvalue weighted by molar-refractivity contribution is 5.89. The highest BCUT2D eigenvalue weighted by Gasteiger charge is 2.37. The first kappa shape index (κ1) is 22.3. The zero-order valence-electron chi connectivity index (χ0n) is 16.2. The highest BCUT2D eigenvalue weighted by atomic mass is 16.2. The van der Waals surface area contributed by atoms with E-state index in [-0.39, 0.29) is 17.7 Å². The van der Waals surface area contributed by atoms with Crippen molar-refractivity contribution in [1.82, 2.24) is 26.2 Å². The zero-order valence-corrected chi connectivity index (χ0v) is 16.2. The summed E-state index contributed by atoms with van der Waals surface area (Å²) in [6, 6.07) is 0. The van der Waals surface area contributed by atoms with Gasteiger partial charge in [0.15, 0.2) is 0 Å². The number of amides is 3. The van der Waals surface area contributed by atoms with Crippen LogP contribution in [0.4, 0.5) is 0 Å². The predicted molar refractivity (Wildman–Crippen MR) is 92.3 cm³/mol. The molecule has 0 saturated carbocycles. The number of hydrogen-bond acceptors (Lipinski definition) is 6. The van der Waals surface area contributed by atoms with E-state index in [9.17, 15) is 14.4 Å². The predicted octanol–water partition coefficient (Wildman–Crippen LogP) is -1.05. The van der Waals surface area contributed by atoms with Crippen molar-refractivity contribution in [3.63, 3.8) is 0 Å². The van der Waals surface area contributed by atoms with Gasteiger partial charge in [0.2, 0.25) is 5.91 Å². The molecule has 0 atom stereocenters. The Kier molecular flexibility index (Phi) is 6.92. The molecule has 0 radical (unpaired) electrons. The quantitative estimate of drug-likeness (QED) is 0.438. The van der Waals surface area contributed by atoms with Crippen molar-refractivity contribution in [2.45, 2.75) is 58.2 Å². The van der Waals surface area contributed by atoms with E-state index in [4.69, 9.17) is 5.73 Å². The van der Waals surface area contributed by atoms with Crippen LogP contribution in [0.5, 0.6) is 0 Å². The van der Waals surface area contributed by atoms with Gasteiger partial charge in [-0.25, -0.2) is 10.9 Å². The Labute approximate surface area is 144 Å². The number of hydrazine groups is 2. The molecule has 0 aliphatic carbocycles. The number of nitrogens with one attached hydrogen (secondary N) is 3. The van der Waals surface area contributed by atoms with Crippen LogP contribution in [0.25, 0.3) is 0 Å². The van der Waals surface area contributed by atoms with Gasteiger partial charge in [0.05, 0.1) is 5.54 Å². The molecule has 9 nitrogen and oxygen atoms in total. The number of likely N-dealkylation sites (N-methyl/N-ethyl adjacent to an activating group) is 3. The topological polar surface area (TPSA) is 120 Å². The fourth-order valence-corrected chi connectivity index (χ4v) is 2.20. The van der Waals surface area contributed by atoms with Crippen LogP contribution >= 0.6 is 0 Å². The minimum absolute atomic E-state index is 0.259. The van der Waals surface area contributed by atoms with Crippen molar-refractivity contribution < 1.29 is 14.4 Å². The minimum Gasteiger partial charge on any atom is -0.358 e. The van der Waals surface area contributed by atoms with Crippen LogP contribution in [0.2, 0.25) is 0 Å². The summed E-state index contributed by atoms with van der Waals surface area (Å²) in [5.41, 5.74) is 8.34. The van der Waals surface area contributed by atoms with Crippen LogP contribution in [0, 0.1) is 0 Å². The Morgan fingerprint density at radius 1 is 0.792 bits per heavy atom. The molecule has 0 aromatic heterocycles. The monoisotopic (exact) mass is 344 g/mol. The highest BCUT2D eigenvalue weighted by Crippen LogP contribution is 2.11. The molecule has 5 N–H and O–H groups in total. The molecule has 0 aromatic rings. The second-order valence-corrected chi connectivity index (χ2v) is 7.50. The molecule has 0 fully saturated rings. The Morgan fingerprint density at radius 3 is 1.54 bits per heavy atom. The molecule has 0 bridgehead atoms. The average molecular weight is 344 g/mol. The molecule has 24 heavy (non-hydrogen) atoms. The standard InChI is InChI=1S/C15H32N6O3/c1-13(2,16)11(23)20(8)19-15(5,6)12(24)21(9)18-14(3,4)10(22)17-7/h18-19H,16H2,1-9H3,(H,17,22). The van der Waals surface area contributed by atoms with E-state index in [1.807, 2.05) is 0 Å². The molecule has 3 amide bonds. The van der Waals surface area contributed by atoms with Crippen molar-refractivity contribution in [3.8, 4) is 0 Å². The molecule has 0 aliphatic rings. The molecule has 9 heteroatoms. The second kappa shape index (κ2) is 7.45. The SMILES string of the molecule is CNC(=O)C(C)(C)NN(C)C(=O)C(C)(C)NN(C)C(=O)C(C)(C)N. The largest absolute Gasteiger partial charge is 0.358 e. The van der Waals surface area contributed by atoms with Gasteiger partial charge >= 0.3 is 0 Å². The molecule has 0 unspecified atom stereocenters. The molecule has 0 saturated heterocycles. The van der Waals surface area contributed by atoms with E-state index in [0.29, 0.717) is 0 Å². The maximum absolute atomic E-state index is 12.7. The van der Waals surface area contributed by atoms with Crippen molar-refractivity contribution >= 4 is 17.7 Å². The van der Waals surface area contributed by atoms with Crippen molar-refractivity contribution in [1.29, 1.82) is 0 Å². The molecule has 0 aliphatic heterocycles. The summed E-state index contributed by atoms with van der Waals surface area (Å²) in [7, 11) is 4.55. The normalized spacial score (nSPS) is 12.6. The van der Waals surface area contributed by atoms with E-state index < -0.39 is 16.6 Å². The zero-order chi connectivity index (χ0) is 19.5. The molecule has 0 heterocycles. The average Bonchev–Trinajstić information content (AvgIpc) is 2.42. The summed E-state index contributed by atoms with van der Waals surface area (Å²) >= 11 is 0. The first-order valence-corrected chi connectivity index (χ1v) is 7.69. The maximum Gasteiger partial charge on any atom is 0.257 e. The Morgan fingerprint density at radius 2 is 1.17 bits per heavy atom.